The smallest absolute Gasteiger partial charge is 0.479 e. The van der Waals surface area contributed by atoms with Gasteiger partial charge in [-0.15, -0.1) is 25.6 Å². The number of aliphatic carboxylic acids is 1. The number of carbonyl (C=O) groups excluding carboxylic acids is 1. The number of nitrogens with two attached hydrogens (primary N) is 1. The van der Waals surface area contributed by atoms with Crippen LogP contribution in [0.5, 0.6) is 5.75 Å². The van der Waals surface area contributed by atoms with Gasteiger partial charge in [-0.3, -0.25) is 4.79 Å². The summed E-state index contributed by atoms with van der Waals surface area (Å²) < 4.78 is 41.1. The maximum absolute atomic E-state index is 12.4. The molecule has 2 aromatic carbocycles. The molecule has 0 aromatic heterocycles. The van der Waals surface area contributed by atoms with Gasteiger partial charge in [-0.05, 0) is 35.7 Å². The topological polar surface area (TPSA) is 122 Å². The van der Waals surface area contributed by atoms with E-state index < -0.39 is 42.2 Å². The van der Waals surface area contributed by atoms with Crippen molar-refractivity contribution in [3.8, 4) is 5.75 Å². The van der Waals surface area contributed by atoms with E-state index in [1.807, 2.05) is 0 Å². The highest BCUT2D eigenvalue weighted by Crippen LogP contribution is 2.29. The molecule has 2 aromatic rings. The number of carboxylic acids is 1. The molecule has 0 heterocycles. The number of carboxylic acid groups (broad SMARTS) is 1. The summed E-state index contributed by atoms with van der Waals surface area (Å²) in [7, 11) is 0. The molecule has 12 heteroatoms. The van der Waals surface area contributed by atoms with Gasteiger partial charge in [-0.25, -0.2) is 4.79 Å². The summed E-state index contributed by atoms with van der Waals surface area (Å²) in [5.41, 5.74) is 6.29. The summed E-state index contributed by atoms with van der Waals surface area (Å²) in [6.45, 7) is 0. The molecule has 0 saturated carbocycles. The van der Waals surface area contributed by atoms with Gasteiger partial charge in [0.2, 0.25) is 0 Å². The lowest BCUT2D eigenvalue weighted by Gasteiger charge is -2.22. The number of aliphatic hydroxyl groups excluding tert-OH is 1. The third kappa shape index (κ3) is 8.25. The highest BCUT2D eigenvalue weighted by molar-refractivity contribution is 6.30. The Labute approximate surface area is 186 Å². The summed E-state index contributed by atoms with van der Waals surface area (Å²) in [5, 5.41) is 21.4. The second-order valence-electron chi connectivity index (χ2n) is 6.35. The first-order valence-electron chi connectivity index (χ1n) is 8.53. The first-order chi connectivity index (χ1) is 14.0. The van der Waals surface area contributed by atoms with Crippen LogP contribution in [-0.2, 0) is 16.0 Å². The van der Waals surface area contributed by atoms with E-state index >= 15 is 0 Å². The maximum Gasteiger partial charge on any atom is 0.573 e. The van der Waals surface area contributed by atoms with Crippen molar-refractivity contribution in [2.24, 2.45) is 5.73 Å². The molecule has 5 N–H and O–H groups in total. The highest BCUT2D eigenvalue weighted by Gasteiger charge is 2.33. The van der Waals surface area contributed by atoms with Crippen LogP contribution in [0, 0.1) is 0 Å². The number of halogens is 5. The van der Waals surface area contributed by atoms with Crippen LogP contribution in [0.4, 0.5) is 13.2 Å². The normalized spacial score (nSPS) is 14.0. The number of ether oxygens (including phenoxy) is 1. The van der Waals surface area contributed by atoms with E-state index in [9.17, 15) is 33.0 Å². The number of benzene rings is 2. The van der Waals surface area contributed by atoms with E-state index in [2.05, 4.69) is 10.1 Å². The minimum Gasteiger partial charge on any atom is -0.479 e. The molecule has 7 nitrogen and oxygen atoms in total. The highest BCUT2D eigenvalue weighted by atomic mass is 35.5. The van der Waals surface area contributed by atoms with Crippen molar-refractivity contribution in [2.45, 2.75) is 31.0 Å². The molecule has 170 valence electrons. The number of hydrogen-bond donors (Lipinski definition) is 4. The van der Waals surface area contributed by atoms with E-state index in [0.29, 0.717) is 0 Å². The van der Waals surface area contributed by atoms with Crippen LogP contribution in [0.25, 0.3) is 0 Å². The van der Waals surface area contributed by atoms with E-state index in [4.69, 9.17) is 17.3 Å². The minimum atomic E-state index is -5.02. The summed E-state index contributed by atoms with van der Waals surface area (Å²) in [5.74, 6) is -3.46. The molecule has 2 rings (SSSR count). The molecule has 31 heavy (non-hydrogen) atoms. The lowest BCUT2D eigenvalue weighted by atomic mass is 10.0. The summed E-state index contributed by atoms with van der Waals surface area (Å²) in [6.07, 6.45) is -6.66. The fourth-order valence-corrected chi connectivity index (χ4v) is 2.88. The van der Waals surface area contributed by atoms with Crippen molar-refractivity contribution in [2.75, 3.05) is 0 Å². The number of carbonyl (C=O) groups is 2. The Morgan fingerprint density at radius 3 is 2.32 bits per heavy atom. The van der Waals surface area contributed by atoms with Gasteiger partial charge in [0.1, 0.15) is 11.9 Å². The SMILES string of the molecule is Cl.N[C@H](Cc1ccccc1)[C@H](O)C(=O)N[C@H](C(=O)O)c1cc(Cl)cc(OC(F)(F)F)c1. The molecule has 0 spiro atoms. The number of aliphatic hydroxyl groups is 1. The Balaban J connectivity index is 0.00000480. The molecule has 0 saturated heterocycles. The fraction of sp³-hybridized carbons (Fsp3) is 0.263. The zero-order valence-corrected chi connectivity index (χ0v) is 17.2. The van der Waals surface area contributed by atoms with Crippen LogP contribution in [0.2, 0.25) is 5.02 Å². The average molecular weight is 483 g/mol. The van der Waals surface area contributed by atoms with Crippen LogP contribution in [-0.4, -0.2) is 40.6 Å². The Morgan fingerprint density at radius 1 is 1.16 bits per heavy atom. The predicted octanol–water partition coefficient (Wildman–Crippen LogP) is 2.83. The second kappa shape index (κ2) is 11.2. The largest absolute Gasteiger partial charge is 0.573 e. The van der Waals surface area contributed by atoms with E-state index in [-0.39, 0.29) is 29.4 Å². The van der Waals surface area contributed by atoms with Gasteiger partial charge in [0.15, 0.2) is 6.04 Å². The maximum atomic E-state index is 12.4. The van der Waals surface area contributed by atoms with Gasteiger partial charge in [0.05, 0.1) is 0 Å². The molecule has 0 fully saturated rings. The lowest BCUT2D eigenvalue weighted by molar-refractivity contribution is -0.274. The van der Waals surface area contributed by atoms with Crippen molar-refractivity contribution in [1.82, 2.24) is 5.32 Å². The number of hydrogen-bond acceptors (Lipinski definition) is 5. The first-order valence-corrected chi connectivity index (χ1v) is 8.91. The molecule has 0 aliphatic heterocycles. The molecule has 0 bridgehead atoms. The molecule has 0 aliphatic carbocycles. The van der Waals surface area contributed by atoms with Gasteiger partial charge in [0, 0.05) is 11.1 Å². The Hall–Kier alpha value is -2.53. The molecule has 1 amide bonds. The summed E-state index contributed by atoms with van der Waals surface area (Å²) in [6, 6.07) is 8.55. The number of amides is 1. The molecule has 0 radical (unpaired) electrons. The van der Waals surface area contributed by atoms with Gasteiger partial charge in [0.25, 0.3) is 5.91 Å². The number of alkyl halides is 3. The zero-order valence-electron chi connectivity index (χ0n) is 15.7. The fourth-order valence-electron chi connectivity index (χ4n) is 2.65. The summed E-state index contributed by atoms with van der Waals surface area (Å²) >= 11 is 5.75. The average Bonchev–Trinajstić information content (AvgIpc) is 2.63. The van der Waals surface area contributed by atoms with Gasteiger partial charge >= 0.3 is 12.3 Å². The first kappa shape index (κ1) is 26.5. The standard InChI is InChI=1S/C19H18ClF3N2O5.ClH/c20-12-7-11(8-13(9-12)30-19(21,22)23)15(18(28)29)25-17(27)16(26)14(24)6-10-4-2-1-3-5-10;/h1-5,7-9,14-16,26H,6,24H2,(H,25,27)(H,28,29);1H/t14-,15+,16+;/m1./s1. The predicted molar refractivity (Wildman–Crippen MR) is 108 cm³/mol. The lowest BCUT2D eigenvalue weighted by Crippen LogP contribution is -2.49. The van der Waals surface area contributed by atoms with Gasteiger partial charge in [-0.2, -0.15) is 0 Å². The van der Waals surface area contributed by atoms with Crippen LogP contribution in [0.1, 0.15) is 17.2 Å². The van der Waals surface area contributed by atoms with E-state index in [1.165, 1.54) is 0 Å². The monoisotopic (exact) mass is 482 g/mol. The van der Waals surface area contributed by atoms with E-state index in [0.717, 1.165) is 23.8 Å². The van der Waals surface area contributed by atoms with Crippen molar-refractivity contribution in [1.29, 1.82) is 0 Å². The van der Waals surface area contributed by atoms with Crippen molar-refractivity contribution in [3.63, 3.8) is 0 Å². The van der Waals surface area contributed by atoms with E-state index in [1.54, 1.807) is 30.3 Å². The van der Waals surface area contributed by atoms with Crippen LogP contribution >= 0.6 is 24.0 Å². The minimum absolute atomic E-state index is 0. The zero-order chi connectivity index (χ0) is 22.5. The third-order valence-corrected chi connectivity index (χ3v) is 4.20. The number of rotatable bonds is 8. The Kier molecular flexibility index (Phi) is 9.57. The number of nitrogens with one attached hydrogen (secondary N) is 1. The summed E-state index contributed by atoms with van der Waals surface area (Å²) in [4.78, 5) is 23.9. The third-order valence-electron chi connectivity index (χ3n) is 3.98. The molecule has 0 aliphatic rings. The Bertz CT molecular complexity index is 900. The van der Waals surface area contributed by atoms with Crippen molar-refractivity contribution < 1.29 is 37.7 Å². The van der Waals surface area contributed by atoms with Crippen molar-refractivity contribution >= 4 is 35.9 Å². The second-order valence-corrected chi connectivity index (χ2v) is 6.78. The Morgan fingerprint density at radius 2 is 1.77 bits per heavy atom. The van der Waals surface area contributed by atoms with Crippen LogP contribution in [0.3, 0.4) is 0 Å². The van der Waals surface area contributed by atoms with Gasteiger partial charge < -0.3 is 26.0 Å². The molecular formula is C19H19Cl2F3N2O5. The van der Waals surface area contributed by atoms with Crippen molar-refractivity contribution in [3.05, 3.63) is 64.7 Å². The molecular weight excluding hydrogens is 464 g/mol. The quantitative estimate of drug-likeness (QED) is 0.458. The van der Waals surface area contributed by atoms with Crippen LogP contribution < -0.4 is 15.8 Å². The molecule has 3 atom stereocenters. The van der Waals surface area contributed by atoms with Crippen LogP contribution in [0.15, 0.2) is 48.5 Å². The van der Waals surface area contributed by atoms with Gasteiger partial charge in [-0.1, -0.05) is 41.9 Å². The molecule has 0 unspecified atom stereocenters.